The summed E-state index contributed by atoms with van der Waals surface area (Å²) in [5.41, 5.74) is 0.832. The van der Waals surface area contributed by atoms with Crippen molar-refractivity contribution in [2.24, 2.45) is 0 Å². The summed E-state index contributed by atoms with van der Waals surface area (Å²) in [7, 11) is 1.61. The summed E-state index contributed by atoms with van der Waals surface area (Å²) < 4.78 is 10.2. The second-order valence-electron chi connectivity index (χ2n) is 4.96. The molecule has 21 heavy (non-hydrogen) atoms. The Labute approximate surface area is 124 Å². The molecular weight excluding hydrogens is 272 g/mol. The van der Waals surface area contributed by atoms with E-state index in [1.807, 2.05) is 6.07 Å². The number of amides is 1. The molecule has 1 heterocycles. The number of phenolic OH excluding ortho intramolecular Hbond substituents is 1. The summed E-state index contributed by atoms with van der Waals surface area (Å²) in [5.74, 6) is 0.997. The molecule has 2 rings (SSSR count). The van der Waals surface area contributed by atoms with E-state index in [4.69, 9.17) is 9.47 Å². The van der Waals surface area contributed by atoms with Crippen LogP contribution in [0, 0.1) is 0 Å². The van der Waals surface area contributed by atoms with Gasteiger partial charge in [0.05, 0.1) is 13.7 Å². The fraction of sp³-hybridized carbons (Fsp3) is 0.533. The van der Waals surface area contributed by atoms with Crippen LogP contribution < -0.4 is 4.74 Å². The molecule has 0 saturated carbocycles. The van der Waals surface area contributed by atoms with Gasteiger partial charge in [0.2, 0.25) is 0 Å². The monoisotopic (exact) mass is 294 g/mol. The van der Waals surface area contributed by atoms with Gasteiger partial charge in [0.15, 0.2) is 0 Å². The SMILES string of the molecule is CCOC(=O)N1CCN(Cc2cc(OC)ccc2O)CC1. The highest BCUT2D eigenvalue weighted by molar-refractivity contribution is 5.67. The number of hydrogen-bond acceptors (Lipinski definition) is 5. The van der Waals surface area contributed by atoms with Crippen LogP contribution >= 0.6 is 0 Å². The maximum absolute atomic E-state index is 11.6. The number of nitrogens with zero attached hydrogens (tertiary/aromatic N) is 2. The van der Waals surface area contributed by atoms with Gasteiger partial charge in [-0.15, -0.1) is 0 Å². The Morgan fingerprint density at radius 2 is 2.00 bits per heavy atom. The van der Waals surface area contributed by atoms with Crippen molar-refractivity contribution < 1.29 is 19.4 Å². The highest BCUT2D eigenvalue weighted by Gasteiger charge is 2.22. The van der Waals surface area contributed by atoms with E-state index in [0.29, 0.717) is 26.2 Å². The summed E-state index contributed by atoms with van der Waals surface area (Å²) in [6.07, 6.45) is -0.249. The van der Waals surface area contributed by atoms with Gasteiger partial charge in [-0.2, -0.15) is 0 Å². The summed E-state index contributed by atoms with van der Waals surface area (Å²) in [6, 6.07) is 5.22. The third-order valence-corrected chi connectivity index (χ3v) is 3.58. The first-order valence-electron chi connectivity index (χ1n) is 7.14. The van der Waals surface area contributed by atoms with Crippen molar-refractivity contribution in [3.05, 3.63) is 23.8 Å². The fourth-order valence-electron chi connectivity index (χ4n) is 2.36. The number of benzene rings is 1. The molecule has 1 aliphatic rings. The van der Waals surface area contributed by atoms with Gasteiger partial charge >= 0.3 is 6.09 Å². The molecular formula is C15H22N2O4. The van der Waals surface area contributed by atoms with Crippen molar-refractivity contribution in [3.8, 4) is 11.5 Å². The van der Waals surface area contributed by atoms with Crippen molar-refractivity contribution in [2.45, 2.75) is 13.5 Å². The van der Waals surface area contributed by atoms with E-state index in [-0.39, 0.29) is 11.8 Å². The van der Waals surface area contributed by atoms with Crippen molar-refractivity contribution in [1.29, 1.82) is 0 Å². The number of aromatic hydroxyl groups is 1. The zero-order chi connectivity index (χ0) is 15.2. The minimum atomic E-state index is -0.249. The molecule has 6 heteroatoms. The van der Waals surface area contributed by atoms with Gasteiger partial charge in [-0.05, 0) is 25.1 Å². The van der Waals surface area contributed by atoms with E-state index in [9.17, 15) is 9.90 Å². The fourth-order valence-corrected chi connectivity index (χ4v) is 2.36. The van der Waals surface area contributed by atoms with Crippen LogP contribution in [0.1, 0.15) is 12.5 Å². The van der Waals surface area contributed by atoms with Crippen LogP contribution in [0.15, 0.2) is 18.2 Å². The molecule has 0 spiro atoms. The van der Waals surface area contributed by atoms with E-state index >= 15 is 0 Å². The average Bonchev–Trinajstić information content (AvgIpc) is 2.50. The van der Waals surface area contributed by atoms with Crippen molar-refractivity contribution >= 4 is 6.09 Å². The van der Waals surface area contributed by atoms with Gasteiger partial charge < -0.3 is 19.5 Å². The molecule has 0 radical (unpaired) electrons. The highest BCUT2D eigenvalue weighted by atomic mass is 16.6. The predicted molar refractivity (Wildman–Crippen MR) is 78.5 cm³/mol. The summed E-state index contributed by atoms with van der Waals surface area (Å²) >= 11 is 0. The number of carbonyl (C=O) groups excluding carboxylic acids is 1. The molecule has 0 bridgehead atoms. The number of rotatable bonds is 4. The summed E-state index contributed by atoms with van der Waals surface area (Å²) in [6.45, 7) is 5.65. The van der Waals surface area contributed by atoms with E-state index in [1.165, 1.54) is 0 Å². The van der Waals surface area contributed by atoms with Crippen molar-refractivity contribution in [3.63, 3.8) is 0 Å². The number of piperazine rings is 1. The van der Waals surface area contributed by atoms with Crippen molar-refractivity contribution in [2.75, 3.05) is 39.9 Å². The molecule has 1 aliphatic heterocycles. The second kappa shape index (κ2) is 7.17. The smallest absolute Gasteiger partial charge is 0.409 e. The van der Waals surface area contributed by atoms with Gasteiger partial charge in [-0.3, -0.25) is 4.90 Å². The topological polar surface area (TPSA) is 62.2 Å². The molecule has 6 nitrogen and oxygen atoms in total. The van der Waals surface area contributed by atoms with E-state index in [0.717, 1.165) is 24.4 Å². The average molecular weight is 294 g/mol. The molecule has 0 atom stereocenters. The molecule has 1 amide bonds. The maximum atomic E-state index is 11.6. The van der Waals surface area contributed by atoms with Crippen LogP contribution in [0.5, 0.6) is 11.5 Å². The quantitative estimate of drug-likeness (QED) is 0.915. The lowest BCUT2D eigenvalue weighted by Crippen LogP contribution is -2.48. The molecule has 1 N–H and O–H groups in total. The lowest BCUT2D eigenvalue weighted by Gasteiger charge is -2.34. The van der Waals surface area contributed by atoms with E-state index < -0.39 is 0 Å². The molecule has 0 aliphatic carbocycles. The van der Waals surface area contributed by atoms with Crippen LogP contribution in [0.25, 0.3) is 0 Å². The minimum Gasteiger partial charge on any atom is -0.508 e. The lowest BCUT2D eigenvalue weighted by atomic mass is 10.1. The molecule has 0 unspecified atom stereocenters. The Morgan fingerprint density at radius 1 is 1.29 bits per heavy atom. The molecule has 1 aromatic carbocycles. The standard InChI is InChI=1S/C15H22N2O4/c1-3-21-15(19)17-8-6-16(7-9-17)11-12-10-13(20-2)4-5-14(12)18/h4-5,10,18H,3,6-9,11H2,1-2H3. The van der Waals surface area contributed by atoms with Crippen LogP contribution in [-0.2, 0) is 11.3 Å². The third kappa shape index (κ3) is 4.01. The lowest BCUT2D eigenvalue weighted by molar-refractivity contribution is 0.0776. The van der Waals surface area contributed by atoms with Crippen LogP contribution in [-0.4, -0.2) is 60.9 Å². The number of hydrogen-bond donors (Lipinski definition) is 1. The van der Waals surface area contributed by atoms with Gasteiger partial charge in [-0.25, -0.2) is 4.79 Å². The van der Waals surface area contributed by atoms with Crippen LogP contribution in [0.3, 0.4) is 0 Å². The Bertz CT molecular complexity index is 485. The molecule has 1 fully saturated rings. The number of carbonyl (C=O) groups is 1. The predicted octanol–water partition coefficient (Wildman–Crippen LogP) is 1.67. The Balaban J connectivity index is 1.90. The molecule has 0 aromatic heterocycles. The van der Waals surface area contributed by atoms with Crippen LogP contribution in [0.2, 0.25) is 0 Å². The van der Waals surface area contributed by atoms with Gasteiger partial charge in [0, 0.05) is 38.3 Å². The van der Waals surface area contributed by atoms with E-state index in [2.05, 4.69) is 4.90 Å². The maximum Gasteiger partial charge on any atom is 0.409 e. The van der Waals surface area contributed by atoms with Crippen molar-refractivity contribution in [1.82, 2.24) is 9.80 Å². The Kier molecular flexibility index (Phi) is 5.27. The number of phenols is 1. The number of methoxy groups -OCH3 is 1. The first-order valence-corrected chi connectivity index (χ1v) is 7.14. The first kappa shape index (κ1) is 15.4. The molecule has 1 saturated heterocycles. The number of ether oxygens (including phenoxy) is 2. The third-order valence-electron chi connectivity index (χ3n) is 3.58. The summed E-state index contributed by atoms with van der Waals surface area (Å²) in [5, 5.41) is 9.90. The Morgan fingerprint density at radius 3 is 2.62 bits per heavy atom. The second-order valence-corrected chi connectivity index (χ2v) is 4.96. The zero-order valence-electron chi connectivity index (χ0n) is 12.5. The molecule has 116 valence electrons. The van der Waals surface area contributed by atoms with Gasteiger partial charge in [0.1, 0.15) is 11.5 Å². The van der Waals surface area contributed by atoms with Crippen LogP contribution in [0.4, 0.5) is 4.79 Å². The summed E-state index contributed by atoms with van der Waals surface area (Å²) in [4.78, 5) is 15.5. The largest absolute Gasteiger partial charge is 0.508 e. The minimum absolute atomic E-state index is 0.249. The molecule has 1 aromatic rings. The normalized spacial score (nSPS) is 15.8. The Hall–Kier alpha value is -1.95. The first-order chi connectivity index (χ1) is 10.1. The van der Waals surface area contributed by atoms with Gasteiger partial charge in [0.25, 0.3) is 0 Å². The highest BCUT2D eigenvalue weighted by Crippen LogP contribution is 2.24. The van der Waals surface area contributed by atoms with E-state index in [1.54, 1.807) is 31.1 Å². The zero-order valence-corrected chi connectivity index (χ0v) is 12.5. The van der Waals surface area contributed by atoms with Gasteiger partial charge in [-0.1, -0.05) is 0 Å².